The minimum atomic E-state index is -0.244. The largest absolute Gasteiger partial charge is 0.469 e. The zero-order valence-electron chi connectivity index (χ0n) is 12.2. The Bertz CT molecular complexity index is 441. The maximum absolute atomic E-state index is 11.0. The van der Waals surface area contributed by atoms with E-state index in [4.69, 9.17) is 0 Å². The molecular formula is C13H22N4O2. The molecule has 0 aliphatic carbocycles. The van der Waals surface area contributed by atoms with Gasteiger partial charge < -0.3 is 15.4 Å². The standard InChI is InChI=1S/C13H22N4O2/c1-9-15-10(14-7-6-12(18)19-5)8-11(16-9)17-13(2,3)4/h8H,6-7H2,1-5H3,(H2,14,15,16,17). The third-order valence-corrected chi connectivity index (χ3v) is 2.20. The number of carbonyl (C=O) groups is 1. The molecule has 6 nitrogen and oxygen atoms in total. The third-order valence-electron chi connectivity index (χ3n) is 2.20. The molecule has 1 heterocycles. The average Bonchev–Trinajstić information content (AvgIpc) is 2.25. The van der Waals surface area contributed by atoms with E-state index in [1.54, 1.807) is 0 Å². The lowest BCUT2D eigenvalue weighted by Gasteiger charge is -2.21. The molecule has 0 amide bonds. The van der Waals surface area contributed by atoms with Gasteiger partial charge in [0.2, 0.25) is 0 Å². The number of aromatic nitrogens is 2. The molecule has 1 rings (SSSR count). The summed E-state index contributed by atoms with van der Waals surface area (Å²) in [6, 6.07) is 1.83. The van der Waals surface area contributed by atoms with Crippen LogP contribution in [-0.2, 0) is 9.53 Å². The second-order valence-corrected chi connectivity index (χ2v) is 5.31. The molecule has 0 saturated heterocycles. The highest BCUT2D eigenvalue weighted by atomic mass is 16.5. The number of anilines is 2. The van der Waals surface area contributed by atoms with Crippen LogP contribution < -0.4 is 10.6 Å². The monoisotopic (exact) mass is 266 g/mol. The van der Waals surface area contributed by atoms with Gasteiger partial charge in [-0.1, -0.05) is 0 Å². The lowest BCUT2D eigenvalue weighted by atomic mass is 10.1. The molecule has 1 aromatic rings. The Morgan fingerprint density at radius 3 is 2.53 bits per heavy atom. The number of esters is 1. The van der Waals surface area contributed by atoms with Crippen LogP contribution in [0, 0.1) is 6.92 Å². The summed E-state index contributed by atoms with van der Waals surface area (Å²) in [4.78, 5) is 19.6. The Morgan fingerprint density at radius 1 is 1.32 bits per heavy atom. The molecule has 0 radical (unpaired) electrons. The fourth-order valence-corrected chi connectivity index (χ4v) is 1.50. The van der Waals surface area contributed by atoms with Gasteiger partial charge in [-0.2, -0.15) is 0 Å². The number of nitrogens with one attached hydrogen (secondary N) is 2. The van der Waals surface area contributed by atoms with Crippen LogP contribution in [0.3, 0.4) is 0 Å². The quantitative estimate of drug-likeness (QED) is 0.794. The van der Waals surface area contributed by atoms with Crippen molar-refractivity contribution in [3.8, 4) is 0 Å². The Balaban J connectivity index is 2.66. The van der Waals surface area contributed by atoms with Crippen molar-refractivity contribution < 1.29 is 9.53 Å². The zero-order valence-corrected chi connectivity index (χ0v) is 12.2. The summed E-state index contributed by atoms with van der Waals surface area (Å²) in [6.07, 6.45) is 0.307. The highest BCUT2D eigenvalue weighted by Gasteiger charge is 2.11. The van der Waals surface area contributed by atoms with Crippen LogP contribution in [0.5, 0.6) is 0 Å². The van der Waals surface area contributed by atoms with Crippen LogP contribution in [-0.4, -0.2) is 35.1 Å². The number of hydrogen-bond donors (Lipinski definition) is 2. The van der Waals surface area contributed by atoms with E-state index in [1.165, 1.54) is 7.11 Å². The predicted molar refractivity (Wildman–Crippen MR) is 75.3 cm³/mol. The van der Waals surface area contributed by atoms with Gasteiger partial charge in [-0.15, -0.1) is 0 Å². The molecule has 0 spiro atoms. The Kier molecular flexibility index (Phi) is 5.09. The summed E-state index contributed by atoms with van der Waals surface area (Å²) in [7, 11) is 1.38. The molecule has 19 heavy (non-hydrogen) atoms. The number of carbonyl (C=O) groups excluding carboxylic acids is 1. The molecule has 2 N–H and O–H groups in total. The van der Waals surface area contributed by atoms with E-state index >= 15 is 0 Å². The van der Waals surface area contributed by atoms with Gasteiger partial charge in [0.15, 0.2) is 0 Å². The van der Waals surface area contributed by atoms with Crippen molar-refractivity contribution in [2.45, 2.75) is 39.7 Å². The first-order valence-electron chi connectivity index (χ1n) is 6.25. The van der Waals surface area contributed by atoms with Crippen LogP contribution >= 0.6 is 0 Å². The molecule has 1 aromatic heterocycles. The lowest BCUT2D eigenvalue weighted by molar-refractivity contribution is -0.140. The fraction of sp³-hybridized carbons (Fsp3) is 0.615. The molecule has 0 unspecified atom stereocenters. The average molecular weight is 266 g/mol. The molecular weight excluding hydrogens is 244 g/mol. The van der Waals surface area contributed by atoms with Crippen molar-refractivity contribution in [2.24, 2.45) is 0 Å². The number of hydrogen-bond acceptors (Lipinski definition) is 6. The molecule has 0 atom stereocenters. The maximum atomic E-state index is 11.0. The van der Waals surface area contributed by atoms with Crippen molar-refractivity contribution in [3.63, 3.8) is 0 Å². The van der Waals surface area contributed by atoms with E-state index < -0.39 is 0 Å². The molecule has 0 aromatic carbocycles. The van der Waals surface area contributed by atoms with E-state index in [0.29, 0.717) is 24.6 Å². The number of ether oxygens (including phenoxy) is 1. The fourth-order valence-electron chi connectivity index (χ4n) is 1.50. The van der Waals surface area contributed by atoms with Gasteiger partial charge >= 0.3 is 5.97 Å². The first kappa shape index (κ1) is 15.2. The summed E-state index contributed by atoms with van der Waals surface area (Å²) in [6.45, 7) is 8.51. The van der Waals surface area contributed by atoms with Crippen molar-refractivity contribution >= 4 is 17.6 Å². The highest BCUT2D eigenvalue weighted by molar-refractivity contribution is 5.69. The first-order chi connectivity index (χ1) is 8.80. The van der Waals surface area contributed by atoms with E-state index in [1.807, 2.05) is 13.0 Å². The minimum Gasteiger partial charge on any atom is -0.469 e. The molecule has 0 aliphatic rings. The lowest BCUT2D eigenvalue weighted by Crippen LogP contribution is -2.27. The first-order valence-corrected chi connectivity index (χ1v) is 6.25. The van der Waals surface area contributed by atoms with Crippen LogP contribution in [0.1, 0.15) is 33.0 Å². The summed E-state index contributed by atoms with van der Waals surface area (Å²) in [5.74, 6) is 1.89. The predicted octanol–water partition coefficient (Wildman–Crippen LogP) is 1.97. The smallest absolute Gasteiger partial charge is 0.307 e. The van der Waals surface area contributed by atoms with Gasteiger partial charge in [-0.25, -0.2) is 9.97 Å². The summed E-state index contributed by atoms with van der Waals surface area (Å²) < 4.78 is 4.58. The van der Waals surface area contributed by atoms with Crippen molar-refractivity contribution in [1.82, 2.24) is 9.97 Å². The Morgan fingerprint density at radius 2 is 1.95 bits per heavy atom. The summed E-state index contributed by atoms with van der Waals surface area (Å²) >= 11 is 0. The SMILES string of the molecule is COC(=O)CCNc1cc(NC(C)(C)C)nc(C)n1. The molecule has 0 saturated carbocycles. The molecule has 0 aliphatic heterocycles. The number of rotatable bonds is 5. The van der Waals surface area contributed by atoms with Crippen molar-refractivity contribution in [1.29, 1.82) is 0 Å². The third kappa shape index (κ3) is 6.03. The number of methoxy groups -OCH3 is 1. The van der Waals surface area contributed by atoms with E-state index in [0.717, 1.165) is 5.82 Å². The van der Waals surface area contributed by atoms with Crippen molar-refractivity contribution in [3.05, 3.63) is 11.9 Å². The number of aryl methyl sites for hydroxylation is 1. The van der Waals surface area contributed by atoms with Gasteiger partial charge in [0.05, 0.1) is 13.5 Å². The van der Waals surface area contributed by atoms with Gasteiger partial charge in [0.1, 0.15) is 17.5 Å². The topological polar surface area (TPSA) is 76.1 Å². The van der Waals surface area contributed by atoms with Crippen LogP contribution in [0.25, 0.3) is 0 Å². The van der Waals surface area contributed by atoms with Crippen LogP contribution in [0.15, 0.2) is 6.07 Å². The second-order valence-electron chi connectivity index (χ2n) is 5.31. The van der Waals surface area contributed by atoms with Gasteiger partial charge in [-0.05, 0) is 27.7 Å². The zero-order chi connectivity index (χ0) is 14.5. The van der Waals surface area contributed by atoms with Gasteiger partial charge in [0, 0.05) is 18.2 Å². The second kappa shape index (κ2) is 6.36. The van der Waals surface area contributed by atoms with Crippen LogP contribution in [0.4, 0.5) is 11.6 Å². The van der Waals surface area contributed by atoms with Gasteiger partial charge in [0.25, 0.3) is 0 Å². The molecule has 6 heteroatoms. The van der Waals surface area contributed by atoms with Crippen LogP contribution in [0.2, 0.25) is 0 Å². The van der Waals surface area contributed by atoms with Crippen molar-refractivity contribution in [2.75, 3.05) is 24.3 Å². The van der Waals surface area contributed by atoms with E-state index in [2.05, 4.69) is 46.1 Å². The normalized spacial score (nSPS) is 11.0. The summed E-state index contributed by atoms with van der Waals surface area (Å²) in [5, 5.41) is 6.37. The van der Waals surface area contributed by atoms with E-state index in [-0.39, 0.29) is 11.5 Å². The Labute approximate surface area is 114 Å². The minimum absolute atomic E-state index is 0.0654. The number of nitrogens with zero attached hydrogens (tertiary/aromatic N) is 2. The van der Waals surface area contributed by atoms with E-state index in [9.17, 15) is 4.79 Å². The molecule has 0 fully saturated rings. The molecule has 0 bridgehead atoms. The van der Waals surface area contributed by atoms with Gasteiger partial charge in [-0.3, -0.25) is 4.79 Å². The summed E-state index contributed by atoms with van der Waals surface area (Å²) in [5.41, 5.74) is -0.0654. The molecule has 106 valence electrons. The Hall–Kier alpha value is -1.85. The maximum Gasteiger partial charge on any atom is 0.307 e. The highest BCUT2D eigenvalue weighted by Crippen LogP contribution is 2.15.